The van der Waals surface area contributed by atoms with E-state index < -0.39 is 0 Å². The van der Waals surface area contributed by atoms with Crippen LogP contribution < -0.4 is 4.90 Å². The monoisotopic (exact) mass is 384 g/mol. The van der Waals surface area contributed by atoms with Crippen LogP contribution in [0.4, 0.5) is 10.2 Å². The molecular formula is C22H29FN4O. The van der Waals surface area contributed by atoms with Gasteiger partial charge >= 0.3 is 0 Å². The predicted octanol–water partition coefficient (Wildman–Crippen LogP) is 3.75. The Hall–Kier alpha value is -2.50. The summed E-state index contributed by atoms with van der Waals surface area (Å²) < 4.78 is 13.3. The number of aromatic nitrogens is 2. The van der Waals surface area contributed by atoms with Gasteiger partial charge in [-0.25, -0.2) is 14.4 Å². The van der Waals surface area contributed by atoms with Gasteiger partial charge in [-0.3, -0.25) is 4.79 Å². The van der Waals surface area contributed by atoms with E-state index in [4.69, 9.17) is 4.98 Å². The van der Waals surface area contributed by atoms with Crippen molar-refractivity contribution >= 4 is 11.7 Å². The summed E-state index contributed by atoms with van der Waals surface area (Å²) in [4.78, 5) is 26.2. The smallest absolute Gasteiger partial charge is 0.224 e. The van der Waals surface area contributed by atoms with Gasteiger partial charge in [-0.1, -0.05) is 32.9 Å². The largest absolute Gasteiger partial charge is 0.354 e. The van der Waals surface area contributed by atoms with Crippen molar-refractivity contribution < 1.29 is 9.18 Å². The molecule has 0 unspecified atom stereocenters. The van der Waals surface area contributed by atoms with Crippen molar-refractivity contribution in [1.29, 1.82) is 0 Å². The van der Waals surface area contributed by atoms with Crippen LogP contribution in [-0.2, 0) is 17.8 Å². The number of hydrogen-bond acceptors (Lipinski definition) is 4. The average molecular weight is 384 g/mol. The third-order valence-electron chi connectivity index (χ3n) is 5.40. The minimum absolute atomic E-state index is 0.0556. The fourth-order valence-corrected chi connectivity index (χ4v) is 3.74. The molecule has 1 aliphatic rings. The lowest BCUT2D eigenvalue weighted by molar-refractivity contribution is -0.134. The number of anilines is 1. The molecule has 0 radical (unpaired) electrons. The summed E-state index contributed by atoms with van der Waals surface area (Å²) >= 11 is 0. The van der Waals surface area contributed by atoms with Crippen LogP contribution in [0.3, 0.4) is 0 Å². The Kier molecular flexibility index (Phi) is 6.27. The van der Waals surface area contributed by atoms with E-state index in [2.05, 4.69) is 30.7 Å². The SMILES string of the molecule is CCc1cnc(C)nc1N1CCC(=O)N(Cc2ccc(F)cc2)[C@@H](C(C)C)C1. The summed E-state index contributed by atoms with van der Waals surface area (Å²) in [5.41, 5.74) is 2.05. The molecule has 1 atom stereocenters. The van der Waals surface area contributed by atoms with E-state index in [1.165, 1.54) is 12.1 Å². The molecule has 0 bridgehead atoms. The van der Waals surface area contributed by atoms with E-state index in [9.17, 15) is 9.18 Å². The Morgan fingerprint density at radius 1 is 1.25 bits per heavy atom. The second kappa shape index (κ2) is 8.67. The molecule has 28 heavy (non-hydrogen) atoms. The van der Waals surface area contributed by atoms with Crippen LogP contribution in [0.5, 0.6) is 0 Å². The van der Waals surface area contributed by atoms with Gasteiger partial charge < -0.3 is 9.80 Å². The third kappa shape index (κ3) is 4.49. The van der Waals surface area contributed by atoms with E-state index in [0.29, 0.717) is 19.5 Å². The maximum Gasteiger partial charge on any atom is 0.224 e. The molecule has 6 heteroatoms. The summed E-state index contributed by atoms with van der Waals surface area (Å²) in [5, 5.41) is 0. The van der Waals surface area contributed by atoms with Crippen molar-refractivity contribution in [2.45, 2.75) is 53.1 Å². The molecule has 1 aromatic carbocycles. The lowest BCUT2D eigenvalue weighted by atomic mass is 10.0. The molecule has 1 fully saturated rings. The minimum Gasteiger partial charge on any atom is -0.354 e. The molecule has 3 rings (SSSR count). The van der Waals surface area contributed by atoms with Crippen molar-refractivity contribution in [3.8, 4) is 0 Å². The minimum atomic E-state index is -0.260. The Balaban J connectivity index is 1.89. The van der Waals surface area contributed by atoms with E-state index >= 15 is 0 Å². The molecule has 2 aromatic rings. The molecule has 5 nitrogen and oxygen atoms in total. The fraction of sp³-hybridized carbons (Fsp3) is 0.500. The molecule has 2 heterocycles. The summed E-state index contributed by atoms with van der Waals surface area (Å²) in [5.74, 6) is 1.85. The summed E-state index contributed by atoms with van der Waals surface area (Å²) in [6, 6.07) is 6.47. The number of aryl methyl sites for hydroxylation is 2. The van der Waals surface area contributed by atoms with Gasteiger partial charge in [0.15, 0.2) is 0 Å². The molecule has 1 aromatic heterocycles. The number of halogens is 1. The lowest BCUT2D eigenvalue weighted by Crippen LogP contribution is -2.46. The molecule has 1 aliphatic heterocycles. The topological polar surface area (TPSA) is 49.3 Å². The number of carbonyl (C=O) groups is 1. The van der Waals surface area contributed by atoms with Crippen LogP contribution in [-0.4, -0.2) is 39.9 Å². The standard InChI is InChI=1S/C22H29FN4O/c1-5-18-12-24-16(4)25-22(18)26-11-10-21(28)27(20(14-26)15(2)3)13-17-6-8-19(23)9-7-17/h6-9,12,15,20H,5,10-11,13-14H2,1-4H3/t20-/m1/s1. The zero-order valence-electron chi connectivity index (χ0n) is 17.2. The number of carbonyl (C=O) groups excluding carboxylic acids is 1. The maximum atomic E-state index is 13.3. The molecule has 1 saturated heterocycles. The first-order valence-corrected chi connectivity index (χ1v) is 10.0. The number of nitrogens with zero attached hydrogens (tertiary/aromatic N) is 4. The predicted molar refractivity (Wildman–Crippen MR) is 109 cm³/mol. The van der Waals surface area contributed by atoms with Crippen LogP contribution in [0.15, 0.2) is 30.5 Å². The second-order valence-corrected chi connectivity index (χ2v) is 7.78. The zero-order chi connectivity index (χ0) is 20.3. The van der Waals surface area contributed by atoms with Gasteiger partial charge in [-0.2, -0.15) is 0 Å². The third-order valence-corrected chi connectivity index (χ3v) is 5.40. The second-order valence-electron chi connectivity index (χ2n) is 7.78. The van der Waals surface area contributed by atoms with Gasteiger partial charge in [-0.15, -0.1) is 0 Å². The highest BCUT2D eigenvalue weighted by Gasteiger charge is 2.32. The highest BCUT2D eigenvalue weighted by molar-refractivity contribution is 5.78. The number of amides is 1. The summed E-state index contributed by atoms with van der Waals surface area (Å²) in [6.45, 7) is 10.2. The van der Waals surface area contributed by atoms with Crippen molar-refractivity contribution in [3.63, 3.8) is 0 Å². The number of benzene rings is 1. The van der Waals surface area contributed by atoms with Gasteiger partial charge in [-0.05, 0) is 37.0 Å². The first-order valence-electron chi connectivity index (χ1n) is 10.0. The molecule has 0 saturated carbocycles. The van der Waals surface area contributed by atoms with Gasteiger partial charge in [0.2, 0.25) is 5.91 Å². The number of hydrogen-bond donors (Lipinski definition) is 0. The van der Waals surface area contributed by atoms with Crippen molar-refractivity contribution in [2.24, 2.45) is 5.92 Å². The van der Waals surface area contributed by atoms with E-state index in [1.807, 2.05) is 18.0 Å². The Morgan fingerprint density at radius 2 is 1.96 bits per heavy atom. The fourth-order valence-electron chi connectivity index (χ4n) is 3.74. The Labute approximate surface area is 166 Å². The van der Waals surface area contributed by atoms with E-state index in [0.717, 1.165) is 35.7 Å². The highest BCUT2D eigenvalue weighted by Crippen LogP contribution is 2.26. The van der Waals surface area contributed by atoms with Crippen LogP contribution in [0, 0.1) is 18.7 Å². The zero-order valence-corrected chi connectivity index (χ0v) is 17.2. The first-order chi connectivity index (χ1) is 13.4. The highest BCUT2D eigenvalue weighted by atomic mass is 19.1. The van der Waals surface area contributed by atoms with Crippen molar-refractivity contribution in [2.75, 3.05) is 18.0 Å². The summed E-state index contributed by atoms with van der Waals surface area (Å²) in [7, 11) is 0. The molecule has 1 amide bonds. The Bertz CT molecular complexity index is 822. The summed E-state index contributed by atoms with van der Waals surface area (Å²) in [6.07, 6.45) is 3.19. The van der Waals surface area contributed by atoms with Crippen molar-refractivity contribution in [3.05, 3.63) is 53.2 Å². The lowest BCUT2D eigenvalue weighted by Gasteiger charge is -2.35. The van der Waals surface area contributed by atoms with Gasteiger partial charge in [0, 0.05) is 37.8 Å². The molecule has 0 spiro atoms. The van der Waals surface area contributed by atoms with E-state index in [1.54, 1.807) is 12.1 Å². The first kappa shape index (κ1) is 20.2. The van der Waals surface area contributed by atoms with Crippen LogP contribution >= 0.6 is 0 Å². The van der Waals surface area contributed by atoms with Gasteiger partial charge in [0.1, 0.15) is 17.5 Å². The molecular weight excluding hydrogens is 355 g/mol. The average Bonchev–Trinajstić information content (AvgIpc) is 2.83. The van der Waals surface area contributed by atoms with E-state index in [-0.39, 0.29) is 23.7 Å². The molecule has 0 aliphatic carbocycles. The van der Waals surface area contributed by atoms with Crippen LogP contribution in [0.2, 0.25) is 0 Å². The molecule has 0 N–H and O–H groups in total. The van der Waals surface area contributed by atoms with Crippen LogP contribution in [0.1, 0.15) is 44.1 Å². The number of rotatable bonds is 5. The van der Waals surface area contributed by atoms with Crippen molar-refractivity contribution in [1.82, 2.24) is 14.9 Å². The van der Waals surface area contributed by atoms with Gasteiger partial charge in [0.25, 0.3) is 0 Å². The normalized spacial score (nSPS) is 17.9. The quantitative estimate of drug-likeness (QED) is 0.788. The molecule has 150 valence electrons. The van der Waals surface area contributed by atoms with Gasteiger partial charge in [0.05, 0.1) is 6.04 Å². The van der Waals surface area contributed by atoms with Crippen LogP contribution in [0.25, 0.3) is 0 Å². The maximum absolute atomic E-state index is 13.3. The Morgan fingerprint density at radius 3 is 2.61 bits per heavy atom.